The molecule has 1 atom stereocenters. The van der Waals surface area contributed by atoms with Crippen molar-refractivity contribution in [2.45, 2.75) is 6.04 Å². The van der Waals surface area contributed by atoms with Crippen molar-refractivity contribution in [1.29, 1.82) is 0 Å². The van der Waals surface area contributed by atoms with Crippen LogP contribution >= 0.6 is 0 Å². The lowest BCUT2D eigenvalue weighted by Gasteiger charge is -2.12. The Labute approximate surface area is 59.8 Å². The van der Waals surface area contributed by atoms with Crippen LogP contribution < -0.4 is 10.6 Å². The van der Waals surface area contributed by atoms with Crippen LogP contribution in [0, 0.1) is 0 Å². The minimum absolute atomic E-state index is 0.0133. The fourth-order valence-corrected chi connectivity index (χ4v) is 0.764. The number of carbonyl (C=O) groups excluding carboxylic acids is 1. The molecule has 0 radical (unpaired) electrons. The van der Waals surface area contributed by atoms with Gasteiger partial charge in [0.1, 0.15) is 6.04 Å². The molecular weight excluding hydrogens is 128 g/mol. The van der Waals surface area contributed by atoms with Gasteiger partial charge < -0.3 is 10.6 Å². The normalized spacial score (nSPS) is 21.9. The molecule has 1 heterocycles. The molecule has 0 saturated heterocycles. The number of carbonyl (C=O) groups is 1. The van der Waals surface area contributed by atoms with Crippen molar-refractivity contribution in [2.24, 2.45) is 0 Å². The Balaban J connectivity index is 2.51. The van der Waals surface area contributed by atoms with Gasteiger partial charge in [-0.25, -0.2) is 0 Å². The maximum atomic E-state index is 10.9. The van der Waals surface area contributed by atoms with Gasteiger partial charge in [-0.2, -0.15) is 0 Å². The second kappa shape index (κ2) is 3.06. The van der Waals surface area contributed by atoms with Crippen LogP contribution in [0.1, 0.15) is 0 Å². The van der Waals surface area contributed by atoms with Crippen molar-refractivity contribution in [3.63, 3.8) is 0 Å². The Bertz CT molecular complexity index is 184. The molecule has 0 aromatic rings. The molecule has 10 heavy (non-hydrogen) atoms. The summed E-state index contributed by atoms with van der Waals surface area (Å²) in [5.74, 6) is -0.0133. The number of rotatable bonds is 1. The molecule has 0 aliphatic carbocycles. The second-order valence-corrected chi connectivity index (χ2v) is 2.00. The minimum Gasteiger partial charge on any atom is -0.377 e. The maximum absolute atomic E-state index is 10.9. The summed E-state index contributed by atoms with van der Waals surface area (Å²) in [6, 6.07) is -0.199. The van der Waals surface area contributed by atoms with Gasteiger partial charge >= 0.3 is 0 Å². The number of nitrogens with one attached hydrogen (secondary N) is 2. The third-order valence-electron chi connectivity index (χ3n) is 1.32. The highest BCUT2D eigenvalue weighted by atomic mass is 16.2. The summed E-state index contributed by atoms with van der Waals surface area (Å²) in [6.45, 7) is 0. The first-order valence-electron chi connectivity index (χ1n) is 3.15. The van der Waals surface area contributed by atoms with E-state index in [1.54, 1.807) is 19.3 Å². The molecule has 0 fully saturated rings. The van der Waals surface area contributed by atoms with Crippen molar-refractivity contribution < 1.29 is 4.79 Å². The molecule has 54 valence electrons. The van der Waals surface area contributed by atoms with Crippen LogP contribution in [0.15, 0.2) is 24.4 Å². The van der Waals surface area contributed by atoms with Crippen LogP contribution in [0.25, 0.3) is 0 Å². The summed E-state index contributed by atoms with van der Waals surface area (Å²) in [4.78, 5) is 10.9. The van der Waals surface area contributed by atoms with Crippen LogP contribution in [-0.4, -0.2) is 19.0 Å². The molecule has 0 spiro atoms. The van der Waals surface area contributed by atoms with E-state index >= 15 is 0 Å². The summed E-state index contributed by atoms with van der Waals surface area (Å²) in [6.07, 6.45) is 7.24. The Kier molecular flexibility index (Phi) is 2.10. The van der Waals surface area contributed by atoms with Crippen LogP contribution in [0.3, 0.4) is 0 Å². The van der Waals surface area contributed by atoms with E-state index in [0.717, 1.165) is 0 Å². The van der Waals surface area contributed by atoms with Crippen LogP contribution in [-0.2, 0) is 4.79 Å². The topological polar surface area (TPSA) is 41.1 Å². The molecule has 0 bridgehead atoms. The molecular formula is C7H10N2O. The molecule has 1 amide bonds. The van der Waals surface area contributed by atoms with Crippen molar-refractivity contribution in [1.82, 2.24) is 10.6 Å². The zero-order valence-electron chi connectivity index (χ0n) is 5.79. The highest BCUT2D eigenvalue weighted by molar-refractivity contribution is 5.83. The zero-order chi connectivity index (χ0) is 7.40. The molecule has 2 N–H and O–H groups in total. The Morgan fingerprint density at radius 2 is 2.40 bits per heavy atom. The smallest absolute Gasteiger partial charge is 0.246 e. The molecule has 1 rings (SSSR count). The molecule has 1 aliphatic rings. The predicted molar refractivity (Wildman–Crippen MR) is 39.3 cm³/mol. The highest BCUT2D eigenvalue weighted by Gasteiger charge is 2.11. The highest BCUT2D eigenvalue weighted by Crippen LogP contribution is 1.93. The van der Waals surface area contributed by atoms with Gasteiger partial charge in [-0.1, -0.05) is 12.2 Å². The minimum atomic E-state index is -0.199. The van der Waals surface area contributed by atoms with Gasteiger partial charge in [0, 0.05) is 7.05 Å². The number of amides is 1. The molecule has 0 aromatic heterocycles. The van der Waals surface area contributed by atoms with Crippen molar-refractivity contribution in [2.75, 3.05) is 7.05 Å². The third kappa shape index (κ3) is 1.37. The van der Waals surface area contributed by atoms with E-state index in [1.807, 2.05) is 12.2 Å². The van der Waals surface area contributed by atoms with Crippen LogP contribution in [0.2, 0.25) is 0 Å². The van der Waals surface area contributed by atoms with E-state index in [1.165, 1.54) is 0 Å². The number of dihydropyridines is 1. The Morgan fingerprint density at radius 1 is 1.60 bits per heavy atom. The zero-order valence-corrected chi connectivity index (χ0v) is 5.79. The van der Waals surface area contributed by atoms with E-state index in [4.69, 9.17) is 0 Å². The average molecular weight is 138 g/mol. The maximum Gasteiger partial charge on any atom is 0.246 e. The third-order valence-corrected chi connectivity index (χ3v) is 1.32. The first kappa shape index (κ1) is 6.86. The van der Waals surface area contributed by atoms with Crippen molar-refractivity contribution in [3.05, 3.63) is 24.4 Å². The van der Waals surface area contributed by atoms with E-state index < -0.39 is 0 Å². The molecule has 0 saturated carbocycles. The van der Waals surface area contributed by atoms with E-state index in [9.17, 15) is 4.79 Å². The number of hydrogen-bond donors (Lipinski definition) is 2. The lowest BCUT2D eigenvalue weighted by atomic mass is 10.2. The first-order valence-corrected chi connectivity index (χ1v) is 3.15. The van der Waals surface area contributed by atoms with Gasteiger partial charge in [0.15, 0.2) is 0 Å². The summed E-state index contributed by atoms with van der Waals surface area (Å²) < 4.78 is 0. The summed E-state index contributed by atoms with van der Waals surface area (Å²) in [5.41, 5.74) is 0. The van der Waals surface area contributed by atoms with Crippen molar-refractivity contribution >= 4 is 5.91 Å². The molecule has 1 unspecified atom stereocenters. The number of allylic oxidation sites excluding steroid dienone is 2. The number of hydrogen-bond acceptors (Lipinski definition) is 2. The van der Waals surface area contributed by atoms with Gasteiger partial charge in [0.05, 0.1) is 0 Å². The Morgan fingerprint density at radius 3 is 2.90 bits per heavy atom. The van der Waals surface area contributed by atoms with Crippen LogP contribution in [0.4, 0.5) is 0 Å². The standard InChI is InChI=1S/C7H10N2O/c1-8-7(10)6-4-2-3-5-9-6/h2-6,9H,1H3,(H,8,10). The fraction of sp³-hybridized carbons (Fsp3) is 0.286. The van der Waals surface area contributed by atoms with E-state index in [-0.39, 0.29) is 11.9 Å². The molecule has 1 aliphatic heterocycles. The van der Waals surface area contributed by atoms with Crippen LogP contribution in [0.5, 0.6) is 0 Å². The average Bonchev–Trinajstić information content (AvgIpc) is 2.05. The van der Waals surface area contributed by atoms with Gasteiger partial charge in [0.25, 0.3) is 0 Å². The van der Waals surface area contributed by atoms with Crippen molar-refractivity contribution in [3.8, 4) is 0 Å². The number of likely N-dealkylation sites (N-methyl/N-ethyl adjacent to an activating group) is 1. The second-order valence-electron chi connectivity index (χ2n) is 2.00. The van der Waals surface area contributed by atoms with Gasteiger partial charge in [-0.3, -0.25) is 4.79 Å². The van der Waals surface area contributed by atoms with E-state index in [0.29, 0.717) is 0 Å². The molecule has 3 heteroatoms. The summed E-state index contributed by atoms with van der Waals surface area (Å²) in [7, 11) is 1.62. The lowest BCUT2D eigenvalue weighted by molar-refractivity contribution is -0.121. The SMILES string of the molecule is CNC(=O)C1C=CC=CN1. The Hall–Kier alpha value is -1.25. The predicted octanol–water partition coefficient (Wildman–Crippen LogP) is -0.226. The summed E-state index contributed by atoms with van der Waals surface area (Å²) in [5, 5.41) is 5.44. The molecule has 0 aromatic carbocycles. The summed E-state index contributed by atoms with van der Waals surface area (Å²) >= 11 is 0. The lowest BCUT2D eigenvalue weighted by Crippen LogP contribution is -2.39. The van der Waals surface area contributed by atoms with Gasteiger partial charge in [0.2, 0.25) is 5.91 Å². The monoisotopic (exact) mass is 138 g/mol. The molecule has 3 nitrogen and oxygen atoms in total. The first-order chi connectivity index (χ1) is 4.84. The largest absolute Gasteiger partial charge is 0.377 e. The van der Waals surface area contributed by atoms with E-state index in [2.05, 4.69) is 10.6 Å². The van der Waals surface area contributed by atoms with Gasteiger partial charge in [-0.15, -0.1) is 0 Å². The quantitative estimate of drug-likeness (QED) is 0.525. The van der Waals surface area contributed by atoms with Gasteiger partial charge in [-0.05, 0) is 12.3 Å². The fourth-order valence-electron chi connectivity index (χ4n) is 0.764.